The summed E-state index contributed by atoms with van der Waals surface area (Å²) in [6.07, 6.45) is 5.92. The molecule has 1 atom stereocenters. The van der Waals surface area contributed by atoms with Gasteiger partial charge < -0.3 is 14.8 Å². The van der Waals surface area contributed by atoms with Gasteiger partial charge in [-0.15, -0.1) is 0 Å². The molecular formula is C17H24N4O2. The van der Waals surface area contributed by atoms with Crippen LogP contribution in [0.4, 0.5) is 5.69 Å². The summed E-state index contributed by atoms with van der Waals surface area (Å²) in [7, 11) is 0. The van der Waals surface area contributed by atoms with Crippen molar-refractivity contribution >= 4 is 5.69 Å². The van der Waals surface area contributed by atoms with Gasteiger partial charge in [0, 0.05) is 37.2 Å². The van der Waals surface area contributed by atoms with Crippen molar-refractivity contribution in [2.45, 2.75) is 58.4 Å². The van der Waals surface area contributed by atoms with Crippen LogP contribution in [0.3, 0.4) is 0 Å². The molecule has 0 saturated heterocycles. The van der Waals surface area contributed by atoms with Gasteiger partial charge in [0.25, 0.3) is 5.79 Å². The van der Waals surface area contributed by atoms with E-state index in [2.05, 4.69) is 36.2 Å². The number of aryl methyl sites for hydroxylation is 1. The lowest BCUT2D eigenvalue weighted by Gasteiger charge is -2.24. The molecule has 0 fully saturated rings. The fourth-order valence-corrected chi connectivity index (χ4v) is 2.75. The Hall–Kier alpha value is -2.24. The lowest BCUT2D eigenvalue weighted by Crippen LogP contribution is -2.36. The Morgan fingerprint density at radius 2 is 2.00 bits per heavy atom. The summed E-state index contributed by atoms with van der Waals surface area (Å²) < 4.78 is 13.9. The molecule has 0 aliphatic carbocycles. The first kappa shape index (κ1) is 15.6. The average Bonchev–Trinajstić information content (AvgIpc) is 3.20. The number of ether oxygens (including phenoxy) is 2. The normalized spacial score (nSPS) is 16.3. The van der Waals surface area contributed by atoms with Crippen LogP contribution in [0.1, 0.15) is 40.0 Å². The van der Waals surface area contributed by atoms with E-state index in [0.29, 0.717) is 6.04 Å². The van der Waals surface area contributed by atoms with Crippen molar-refractivity contribution in [2.75, 3.05) is 5.32 Å². The number of fused-ring (bicyclic) bond motifs is 1. The van der Waals surface area contributed by atoms with Crippen molar-refractivity contribution in [3.05, 3.63) is 30.9 Å². The van der Waals surface area contributed by atoms with Gasteiger partial charge in [-0.05, 0) is 25.5 Å². The molecule has 0 unspecified atom stereocenters. The minimum absolute atomic E-state index is 0.321. The fraction of sp³-hybridized carbons (Fsp3) is 0.529. The van der Waals surface area contributed by atoms with E-state index in [0.717, 1.165) is 43.0 Å². The first-order valence-corrected chi connectivity index (χ1v) is 8.25. The van der Waals surface area contributed by atoms with Crippen LogP contribution in [0, 0.1) is 0 Å². The molecule has 0 bridgehead atoms. The summed E-state index contributed by atoms with van der Waals surface area (Å²) in [6.45, 7) is 7.17. The first-order chi connectivity index (χ1) is 11.1. The van der Waals surface area contributed by atoms with Crippen molar-refractivity contribution in [2.24, 2.45) is 0 Å². The van der Waals surface area contributed by atoms with Crippen molar-refractivity contribution in [1.82, 2.24) is 14.8 Å². The molecule has 0 saturated carbocycles. The quantitative estimate of drug-likeness (QED) is 0.847. The van der Waals surface area contributed by atoms with E-state index in [9.17, 15) is 0 Å². The molecule has 0 spiro atoms. The molecule has 6 nitrogen and oxygen atoms in total. The SMILES string of the molecule is CCC1(CC)Oc2ccc(N[C@@H](C)CCn3cncn3)cc2O1. The Morgan fingerprint density at radius 1 is 1.22 bits per heavy atom. The van der Waals surface area contributed by atoms with Crippen LogP contribution in [-0.2, 0) is 6.54 Å². The number of hydrogen-bond acceptors (Lipinski definition) is 5. The van der Waals surface area contributed by atoms with Crippen molar-refractivity contribution in [3.63, 3.8) is 0 Å². The molecule has 124 valence electrons. The molecule has 23 heavy (non-hydrogen) atoms. The maximum absolute atomic E-state index is 6.05. The Labute approximate surface area is 136 Å². The van der Waals surface area contributed by atoms with E-state index in [-0.39, 0.29) is 0 Å². The van der Waals surface area contributed by atoms with Crippen molar-refractivity contribution in [1.29, 1.82) is 0 Å². The third-order valence-corrected chi connectivity index (χ3v) is 4.28. The Balaban J connectivity index is 1.60. The van der Waals surface area contributed by atoms with E-state index in [1.54, 1.807) is 12.7 Å². The fourth-order valence-electron chi connectivity index (χ4n) is 2.75. The monoisotopic (exact) mass is 316 g/mol. The van der Waals surface area contributed by atoms with E-state index >= 15 is 0 Å². The topological polar surface area (TPSA) is 61.2 Å². The van der Waals surface area contributed by atoms with E-state index in [1.807, 2.05) is 22.9 Å². The van der Waals surface area contributed by atoms with E-state index < -0.39 is 5.79 Å². The molecule has 2 aromatic rings. The van der Waals surface area contributed by atoms with Crippen LogP contribution in [0.2, 0.25) is 0 Å². The van der Waals surface area contributed by atoms with Crippen molar-refractivity contribution < 1.29 is 9.47 Å². The maximum Gasteiger partial charge on any atom is 0.251 e. The van der Waals surface area contributed by atoms with Gasteiger partial charge in [-0.2, -0.15) is 5.10 Å². The van der Waals surface area contributed by atoms with Crippen LogP contribution < -0.4 is 14.8 Å². The zero-order valence-electron chi connectivity index (χ0n) is 14.0. The van der Waals surface area contributed by atoms with Gasteiger partial charge in [0.05, 0.1) is 0 Å². The second-order valence-electron chi connectivity index (χ2n) is 5.98. The number of nitrogens with one attached hydrogen (secondary N) is 1. The van der Waals surface area contributed by atoms with Gasteiger partial charge in [-0.25, -0.2) is 4.98 Å². The smallest absolute Gasteiger partial charge is 0.251 e. The number of benzene rings is 1. The van der Waals surface area contributed by atoms with Crippen molar-refractivity contribution in [3.8, 4) is 11.5 Å². The molecule has 1 aliphatic rings. The predicted octanol–water partition coefficient (Wildman–Crippen LogP) is 3.46. The zero-order chi connectivity index (χ0) is 16.3. The maximum atomic E-state index is 6.05. The molecule has 1 aromatic carbocycles. The van der Waals surface area contributed by atoms with Crippen LogP contribution in [0.25, 0.3) is 0 Å². The predicted molar refractivity (Wildman–Crippen MR) is 88.7 cm³/mol. The molecule has 0 amide bonds. The first-order valence-electron chi connectivity index (χ1n) is 8.25. The van der Waals surface area contributed by atoms with Crippen LogP contribution in [0.5, 0.6) is 11.5 Å². The Morgan fingerprint density at radius 3 is 2.70 bits per heavy atom. The minimum atomic E-state index is -0.500. The molecule has 3 rings (SSSR count). The van der Waals surface area contributed by atoms with E-state index in [1.165, 1.54) is 0 Å². The highest BCUT2D eigenvalue weighted by atomic mass is 16.7. The lowest BCUT2D eigenvalue weighted by atomic mass is 10.1. The van der Waals surface area contributed by atoms with Crippen LogP contribution >= 0.6 is 0 Å². The highest BCUT2D eigenvalue weighted by molar-refractivity contribution is 5.56. The van der Waals surface area contributed by atoms with Gasteiger partial charge >= 0.3 is 0 Å². The zero-order valence-corrected chi connectivity index (χ0v) is 14.0. The van der Waals surface area contributed by atoms with Gasteiger partial charge in [0.15, 0.2) is 11.5 Å². The highest BCUT2D eigenvalue weighted by Gasteiger charge is 2.38. The van der Waals surface area contributed by atoms with Gasteiger partial charge in [-0.3, -0.25) is 4.68 Å². The summed E-state index contributed by atoms with van der Waals surface area (Å²) in [5.74, 6) is 1.15. The number of anilines is 1. The molecule has 2 heterocycles. The molecular weight excluding hydrogens is 292 g/mol. The van der Waals surface area contributed by atoms with Gasteiger partial charge in [-0.1, -0.05) is 13.8 Å². The largest absolute Gasteiger partial charge is 0.448 e. The van der Waals surface area contributed by atoms with Crippen LogP contribution in [-0.4, -0.2) is 26.6 Å². The third kappa shape index (κ3) is 3.41. The third-order valence-electron chi connectivity index (χ3n) is 4.28. The van der Waals surface area contributed by atoms with Crippen LogP contribution in [0.15, 0.2) is 30.9 Å². The second-order valence-corrected chi connectivity index (χ2v) is 5.98. The Kier molecular flexibility index (Phi) is 4.41. The number of nitrogens with zero attached hydrogens (tertiary/aromatic N) is 3. The number of aromatic nitrogens is 3. The highest BCUT2D eigenvalue weighted by Crippen LogP contribution is 2.43. The minimum Gasteiger partial charge on any atom is -0.448 e. The summed E-state index contributed by atoms with van der Waals surface area (Å²) >= 11 is 0. The average molecular weight is 316 g/mol. The summed E-state index contributed by atoms with van der Waals surface area (Å²) in [5.41, 5.74) is 1.04. The van der Waals surface area contributed by atoms with Gasteiger partial charge in [0.2, 0.25) is 0 Å². The Bertz CT molecular complexity index is 638. The molecule has 0 radical (unpaired) electrons. The summed E-state index contributed by atoms with van der Waals surface area (Å²) in [6, 6.07) is 6.36. The van der Waals surface area contributed by atoms with E-state index in [4.69, 9.17) is 9.47 Å². The number of hydrogen-bond donors (Lipinski definition) is 1. The van der Waals surface area contributed by atoms with Gasteiger partial charge in [0.1, 0.15) is 12.7 Å². The molecule has 1 aromatic heterocycles. The second kappa shape index (κ2) is 6.48. The lowest BCUT2D eigenvalue weighted by molar-refractivity contribution is -0.0843. The molecule has 1 aliphatic heterocycles. The molecule has 6 heteroatoms. The summed E-state index contributed by atoms with van der Waals surface area (Å²) in [4.78, 5) is 3.95. The molecule has 1 N–H and O–H groups in total. The number of rotatable bonds is 7. The summed E-state index contributed by atoms with van der Waals surface area (Å²) in [5, 5.41) is 7.62. The standard InChI is InChI=1S/C17H24N4O2/c1-4-17(5-2)22-15-7-6-14(10-16(15)23-17)20-13(3)8-9-21-12-18-11-19-21/h6-7,10-13,20H,4-5,8-9H2,1-3H3/t13-/m0/s1.